The summed E-state index contributed by atoms with van der Waals surface area (Å²) >= 11 is 0. The third-order valence-corrected chi connectivity index (χ3v) is 8.57. The van der Waals surface area contributed by atoms with E-state index in [-0.39, 0.29) is 29.1 Å². The predicted octanol–water partition coefficient (Wildman–Crippen LogP) is 5.77. The SMILES string of the molecule is CC(C)(c1ccccc1)c1ccc(OC(=O)c2ccc(N3C(=O)C4C5CCC(C5)C4C3=O)cc2)cc1. The lowest BCUT2D eigenvalue weighted by atomic mass is 9.78. The van der Waals surface area contributed by atoms with E-state index in [1.165, 1.54) is 10.5 Å². The van der Waals surface area contributed by atoms with Gasteiger partial charge in [0.05, 0.1) is 23.1 Å². The Morgan fingerprint density at radius 1 is 0.778 bits per heavy atom. The van der Waals surface area contributed by atoms with Gasteiger partial charge in [-0.15, -0.1) is 0 Å². The number of hydrogen-bond donors (Lipinski definition) is 0. The number of carbonyl (C=O) groups excluding carboxylic acids is 3. The van der Waals surface area contributed by atoms with Crippen molar-refractivity contribution < 1.29 is 19.1 Å². The maximum absolute atomic E-state index is 13.0. The van der Waals surface area contributed by atoms with Gasteiger partial charge in [0.2, 0.25) is 11.8 Å². The van der Waals surface area contributed by atoms with Crippen LogP contribution in [0.3, 0.4) is 0 Å². The summed E-state index contributed by atoms with van der Waals surface area (Å²) < 4.78 is 5.59. The quantitative estimate of drug-likeness (QED) is 0.265. The Bertz CT molecular complexity index is 1300. The number of anilines is 1. The average molecular weight is 480 g/mol. The number of ether oxygens (including phenoxy) is 1. The summed E-state index contributed by atoms with van der Waals surface area (Å²) in [5.41, 5.74) is 3.05. The lowest BCUT2D eigenvalue weighted by Gasteiger charge is -2.26. The Kier molecular flexibility index (Phi) is 5.32. The second-order valence-corrected chi connectivity index (χ2v) is 10.8. The number of amides is 2. The molecule has 2 bridgehead atoms. The fraction of sp³-hybridized carbons (Fsp3) is 0.323. The Morgan fingerprint density at radius 3 is 1.92 bits per heavy atom. The van der Waals surface area contributed by atoms with Crippen LogP contribution in [0, 0.1) is 23.7 Å². The van der Waals surface area contributed by atoms with Crippen molar-refractivity contribution in [3.8, 4) is 5.75 Å². The summed E-state index contributed by atoms with van der Waals surface area (Å²) in [6, 6.07) is 24.4. The summed E-state index contributed by atoms with van der Waals surface area (Å²) in [5.74, 6) is 0.208. The van der Waals surface area contributed by atoms with E-state index in [1.54, 1.807) is 36.4 Å². The molecule has 1 aliphatic heterocycles. The van der Waals surface area contributed by atoms with Gasteiger partial charge in [0, 0.05) is 5.41 Å². The molecular weight excluding hydrogens is 450 g/mol. The summed E-state index contributed by atoms with van der Waals surface area (Å²) in [5, 5.41) is 0. The molecule has 36 heavy (non-hydrogen) atoms. The highest BCUT2D eigenvalue weighted by atomic mass is 16.5. The lowest BCUT2D eigenvalue weighted by Crippen LogP contribution is -2.32. The fourth-order valence-electron chi connectivity index (χ4n) is 6.54. The van der Waals surface area contributed by atoms with Crippen LogP contribution in [-0.4, -0.2) is 17.8 Å². The van der Waals surface area contributed by atoms with E-state index in [0.29, 0.717) is 28.8 Å². The first-order valence-electron chi connectivity index (χ1n) is 12.7. The van der Waals surface area contributed by atoms with E-state index in [0.717, 1.165) is 24.8 Å². The van der Waals surface area contributed by atoms with Gasteiger partial charge in [-0.2, -0.15) is 0 Å². The highest BCUT2D eigenvalue weighted by Crippen LogP contribution is 2.56. The standard InChI is InChI=1S/C31H29NO4/c1-31(2,22-6-4-3-5-7-22)23-12-16-25(17-13-23)36-30(35)19-10-14-24(15-11-19)32-28(33)26-20-8-9-21(18-20)27(26)29(32)34/h3-7,10-17,20-21,26-27H,8-9,18H2,1-2H3. The maximum atomic E-state index is 13.0. The normalized spacial score (nSPS) is 24.8. The van der Waals surface area contributed by atoms with Crippen LogP contribution in [0.15, 0.2) is 78.9 Å². The van der Waals surface area contributed by atoms with E-state index in [2.05, 4.69) is 26.0 Å². The van der Waals surface area contributed by atoms with Crippen LogP contribution in [0.5, 0.6) is 5.75 Å². The molecule has 4 atom stereocenters. The summed E-state index contributed by atoms with van der Waals surface area (Å²) in [7, 11) is 0. The van der Waals surface area contributed by atoms with Gasteiger partial charge in [-0.3, -0.25) is 14.5 Å². The zero-order valence-corrected chi connectivity index (χ0v) is 20.5. The molecule has 5 nitrogen and oxygen atoms in total. The Labute approximate surface area is 211 Å². The van der Waals surface area contributed by atoms with Gasteiger partial charge in [0.25, 0.3) is 0 Å². The van der Waals surface area contributed by atoms with Gasteiger partial charge in [-0.25, -0.2) is 4.79 Å². The molecule has 3 aromatic rings. The monoisotopic (exact) mass is 479 g/mol. The lowest BCUT2D eigenvalue weighted by molar-refractivity contribution is -0.123. The van der Waals surface area contributed by atoms with Crippen LogP contribution in [0.4, 0.5) is 5.69 Å². The van der Waals surface area contributed by atoms with Crippen molar-refractivity contribution in [1.82, 2.24) is 0 Å². The molecule has 2 amide bonds. The molecule has 3 aromatic carbocycles. The van der Waals surface area contributed by atoms with E-state index in [9.17, 15) is 14.4 Å². The Hall–Kier alpha value is -3.73. The van der Waals surface area contributed by atoms with Crippen molar-refractivity contribution in [2.45, 2.75) is 38.5 Å². The number of esters is 1. The summed E-state index contributed by atoms with van der Waals surface area (Å²) in [6.07, 6.45) is 3.11. The number of imide groups is 1. The van der Waals surface area contributed by atoms with E-state index >= 15 is 0 Å². The Morgan fingerprint density at radius 2 is 1.33 bits per heavy atom. The average Bonchev–Trinajstić information content (AvgIpc) is 3.58. The minimum atomic E-state index is -0.481. The van der Waals surface area contributed by atoms with Gasteiger partial charge in [0.15, 0.2) is 0 Å². The number of hydrogen-bond acceptors (Lipinski definition) is 4. The van der Waals surface area contributed by atoms with Crippen molar-refractivity contribution in [2.75, 3.05) is 4.90 Å². The zero-order valence-electron chi connectivity index (χ0n) is 20.5. The van der Waals surface area contributed by atoms with Crippen LogP contribution in [0.2, 0.25) is 0 Å². The summed E-state index contributed by atoms with van der Waals surface area (Å²) in [4.78, 5) is 40.2. The molecule has 5 heteroatoms. The highest BCUT2D eigenvalue weighted by Gasteiger charge is 2.61. The summed E-state index contributed by atoms with van der Waals surface area (Å²) in [6.45, 7) is 4.33. The number of carbonyl (C=O) groups is 3. The minimum absolute atomic E-state index is 0.0777. The maximum Gasteiger partial charge on any atom is 0.343 e. The first kappa shape index (κ1) is 22.7. The van der Waals surface area contributed by atoms with Gasteiger partial charge in [0.1, 0.15) is 5.75 Å². The van der Waals surface area contributed by atoms with E-state index < -0.39 is 5.97 Å². The minimum Gasteiger partial charge on any atom is -0.423 e. The number of benzene rings is 3. The number of fused-ring (bicyclic) bond motifs is 5. The van der Waals surface area contributed by atoms with Crippen LogP contribution in [0.1, 0.15) is 54.6 Å². The van der Waals surface area contributed by atoms with E-state index in [4.69, 9.17) is 4.74 Å². The second-order valence-electron chi connectivity index (χ2n) is 10.8. The fourth-order valence-corrected chi connectivity index (χ4v) is 6.54. The van der Waals surface area contributed by atoms with Crippen molar-refractivity contribution in [3.05, 3.63) is 95.6 Å². The Balaban J connectivity index is 1.14. The molecule has 1 heterocycles. The molecule has 0 radical (unpaired) electrons. The molecule has 0 aromatic heterocycles. The molecule has 4 unspecified atom stereocenters. The topological polar surface area (TPSA) is 63.7 Å². The van der Waals surface area contributed by atoms with Gasteiger partial charge in [-0.1, -0.05) is 56.3 Å². The van der Waals surface area contributed by atoms with E-state index in [1.807, 2.05) is 30.3 Å². The number of rotatable bonds is 5. The van der Waals surface area contributed by atoms with Crippen LogP contribution >= 0.6 is 0 Å². The first-order chi connectivity index (χ1) is 17.3. The zero-order chi connectivity index (χ0) is 25.0. The van der Waals surface area contributed by atoms with Crippen molar-refractivity contribution in [3.63, 3.8) is 0 Å². The molecule has 2 saturated carbocycles. The first-order valence-corrected chi connectivity index (χ1v) is 12.7. The molecule has 0 N–H and O–H groups in total. The van der Waals surface area contributed by atoms with Gasteiger partial charge in [-0.05, 0) is 78.6 Å². The molecule has 3 aliphatic rings. The molecule has 6 rings (SSSR count). The molecule has 182 valence electrons. The van der Waals surface area contributed by atoms with Crippen molar-refractivity contribution in [2.24, 2.45) is 23.7 Å². The molecule has 0 spiro atoms. The predicted molar refractivity (Wildman–Crippen MR) is 137 cm³/mol. The third-order valence-electron chi connectivity index (χ3n) is 8.57. The largest absolute Gasteiger partial charge is 0.423 e. The van der Waals surface area contributed by atoms with Crippen LogP contribution < -0.4 is 9.64 Å². The van der Waals surface area contributed by atoms with Crippen molar-refractivity contribution >= 4 is 23.5 Å². The smallest absolute Gasteiger partial charge is 0.343 e. The highest BCUT2D eigenvalue weighted by molar-refractivity contribution is 6.22. The van der Waals surface area contributed by atoms with Crippen LogP contribution in [0.25, 0.3) is 0 Å². The van der Waals surface area contributed by atoms with Crippen molar-refractivity contribution in [1.29, 1.82) is 0 Å². The molecular formula is C31H29NO4. The van der Waals surface area contributed by atoms with Crippen LogP contribution in [-0.2, 0) is 15.0 Å². The van der Waals surface area contributed by atoms with Gasteiger partial charge < -0.3 is 4.74 Å². The number of nitrogens with zero attached hydrogens (tertiary/aromatic N) is 1. The molecule has 2 aliphatic carbocycles. The molecule has 3 fully saturated rings. The molecule has 1 saturated heterocycles. The third kappa shape index (κ3) is 3.57. The van der Waals surface area contributed by atoms with Gasteiger partial charge >= 0.3 is 5.97 Å². The second kappa shape index (κ2) is 8.44.